The Hall–Kier alpha value is -3.27. The highest BCUT2D eigenvalue weighted by Gasteiger charge is 2.56. The van der Waals surface area contributed by atoms with Crippen molar-refractivity contribution in [2.75, 3.05) is 19.7 Å². The van der Waals surface area contributed by atoms with E-state index < -0.39 is 41.8 Å². The van der Waals surface area contributed by atoms with Gasteiger partial charge in [-0.25, -0.2) is 0 Å². The first-order valence-corrected chi connectivity index (χ1v) is 13.2. The van der Waals surface area contributed by atoms with E-state index in [1.54, 1.807) is 4.90 Å². The Balaban J connectivity index is 1.42. The van der Waals surface area contributed by atoms with Crippen molar-refractivity contribution in [3.05, 3.63) is 35.9 Å². The smallest absolute Gasteiger partial charge is 0.253 e. The SMILES string of the molecule is O=C1CC[C@@](C(=O)N2C[C@H]3CCC[C@H]3[C@@H]2C(=O)N[C@H](C[C@@H]2CCNC2=O)C(=O)CO)(c2ccccc2)N1. The number of aliphatic hydroxyl groups is 1. The first-order chi connectivity index (χ1) is 17.8. The summed E-state index contributed by atoms with van der Waals surface area (Å²) >= 11 is 0. The molecule has 4 fully saturated rings. The third-order valence-electron chi connectivity index (χ3n) is 8.68. The maximum absolute atomic E-state index is 14.2. The molecule has 10 nitrogen and oxygen atoms in total. The van der Waals surface area contributed by atoms with E-state index in [1.807, 2.05) is 30.3 Å². The molecule has 6 atom stereocenters. The summed E-state index contributed by atoms with van der Waals surface area (Å²) in [5, 5.41) is 18.0. The number of hydrogen-bond donors (Lipinski definition) is 4. The van der Waals surface area contributed by atoms with Crippen LogP contribution in [0.5, 0.6) is 0 Å². The largest absolute Gasteiger partial charge is 0.389 e. The number of benzene rings is 1. The standard InChI is InChI=1S/C27H34N4O6/c32-15-21(33)20(13-16-10-12-28-24(16)35)29-25(36)23-19-8-4-5-17(19)14-31(23)26(37)27(11-9-22(34)30-27)18-6-2-1-3-7-18/h1-3,6-7,16-17,19-20,23,32H,4-5,8-15H2,(H,28,35)(H,29,36)(H,30,34)/t16-,17+,19+,20+,23+,27-/m0/s1. The Morgan fingerprint density at radius 2 is 1.92 bits per heavy atom. The fourth-order valence-electron chi connectivity index (χ4n) is 6.78. The molecule has 0 unspecified atom stereocenters. The number of amides is 4. The van der Waals surface area contributed by atoms with Gasteiger partial charge in [-0.15, -0.1) is 0 Å². The molecule has 5 rings (SSSR count). The lowest BCUT2D eigenvalue weighted by Crippen LogP contribution is -2.59. The number of fused-ring (bicyclic) bond motifs is 1. The molecule has 1 aromatic carbocycles. The van der Waals surface area contributed by atoms with E-state index >= 15 is 0 Å². The Kier molecular flexibility index (Phi) is 7.02. The minimum absolute atomic E-state index is 0.0477. The number of carbonyl (C=O) groups excluding carboxylic acids is 5. The topological polar surface area (TPSA) is 145 Å². The molecule has 3 saturated heterocycles. The van der Waals surface area contributed by atoms with Crippen LogP contribution in [0.4, 0.5) is 0 Å². The first-order valence-electron chi connectivity index (χ1n) is 13.2. The van der Waals surface area contributed by atoms with Crippen LogP contribution in [0.2, 0.25) is 0 Å². The molecule has 37 heavy (non-hydrogen) atoms. The molecule has 4 aliphatic rings. The van der Waals surface area contributed by atoms with E-state index in [2.05, 4.69) is 16.0 Å². The van der Waals surface area contributed by atoms with Crippen molar-refractivity contribution in [2.24, 2.45) is 17.8 Å². The third-order valence-corrected chi connectivity index (χ3v) is 8.68. The third kappa shape index (κ3) is 4.63. The van der Waals surface area contributed by atoms with Gasteiger partial charge in [0.2, 0.25) is 17.7 Å². The Morgan fingerprint density at radius 1 is 1.14 bits per heavy atom. The summed E-state index contributed by atoms with van der Waals surface area (Å²) in [5.41, 5.74) is -0.555. The van der Waals surface area contributed by atoms with Crippen molar-refractivity contribution >= 4 is 29.4 Å². The lowest BCUT2D eigenvalue weighted by Gasteiger charge is -2.36. The molecule has 3 heterocycles. The van der Waals surface area contributed by atoms with Gasteiger partial charge in [0.25, 0.3) is 5.91 Å². The van der Waals surface area contributed by atoms with Gasteiger partial charge >= 0.3 is 0 Å². The van der Waals surface area contributed by atoms with Gasteiger partial charge in [-0.1, -0.05) is 36.8 Å². The van der Waals surface area contributed by atoms with Gasteiger partial charge in [-0.3, -0.25) is 24.0 Å². The molecule has 1 aliphatic carbocycles. The zero-order valence-electron chi connectivity index (χ0n) is 20.8. The minimum Gasteiger partial charge on any atom is -0.389 e. The van der Waals surface area contributed by atoms with Crippen LogP contribution in [0, 0.1) is 17.8 Å². The molecule has 1 saturated carbocycles. The lowest BCUT2D eigenvalue weighted by molar-refractivity contribution is -0.146. The summed E-state index contributed by atoms with van der Waals surface area (Å²) < 4.78 is 0. The van der Waals surface area contributed by atoms with Crippen molar-refractivity contribution in [1.82, 2.24) is 20.9 Å². The minimum atomic E-state index is -1.24. The molecule has 0 spiro atoms. The van der Waals surface area contributed by atoms with E-state index in [-0.39, 0.29) is 42.4 Å². The molecular formula is C27H34N4O6. The van der Waals surface area contributed by atoms with E-state index in [9.17, 15) is 29.1 Å². The van der Waals surface area contributed by atoms with Crippen LogP contribution in [0.25, 0.3) is 0 Å². The van der Waals surface area contributed by atoms with Gasteiger partial charge in [-0.2, -0.15) is 0 Å². The number of likely N-dealkylation sites (tertiary alicyclic amines) is 1. The number of aliphatic hydroxyl groups excluding tert-OH is 1. The Labute approximate surface area is 215 Å². The van der Waals surface area contributed by atoms with Crippen LogP contribution in [-0.2, 0) is 29.5 Å². The molecule has 4 N–H and O–H groups in total. The van der Waals surface area contributed by atoms with Crippen LogP contribution in [0.1, 0.15) is 50.5 Å². The predicted octanol–water partition coefficient (Wildman–Crippen LogP) is -0.00860. The highest BCUT2D eigenvalue weighted by Crippen LogP contribution is 2.45. The molecule has 3 aliphatic heterocycles. The molecule has 0 radical (unpaired) electrons. The zero-order chi connectivity index (χ0) is 26.2. The number of carbonyl (C=O) groups is 5. The van der Waals surface area contributed by atoms with Gasteiger partial charge < -0.3 is 26.0 Å². The summed E-state index contributed by atoms with van der Waals surface area (Å²) in [7, 11) is 0. The molecule has 0 bridgehead atoms. The number of ketones is 1. The average molecular weight is 511 g/mol. The molecular weight excluding hydrogens is 476 g/mol. The van der Waals surface area contributed by atoms with Crippen molar-refractivity contribution in [2.45, 2.75) is 62.6 Å². The van der Waals surface area contributed by atoms with Crippen LogP contribution >= 0.6 is 0 Å². The number of nitrogens with one attached hydrogen (secondary N) is 3. The van der Waals surface area contributed by atoms with E-state index in [0.29, 0.717) is 31.5 Å². The molecule has 0 aromatic heterocycles. The fourth-order valence-corrected chi connectivity index (χ4v) is 6.78. The van der Waals surface area contributed by atoms with Crippen LogP contribution in [-0.4, -0.2) is 71.2 Å². The second-order valence-electron chi connectivity index (χ2n) is 10.8. The monoisotopic (exact) mass is 510 g/mol. The number of rotatable bonds is 8. The van der Waals surface area contributed by atoms with Gasteiger partial charge in [0.15, 0.2) is 5.78 Å². The quantitative estimate of drug-likeness (QED) is 0.387. The van der Waals surface area contributed by atoms with Gasteiger partial charge in [0.05, 0.1) is 6.04 Å². The van der Waals surface area contributed by atoms with Crippen LogP contribution in [0.3, 0.4) is 0 Å². The highest BCUT2D eigenvalue weighted by atomic mass is 16.3. The second kappa shape index (κ2) is 10.2. The van der Waals surface area contributed by atoms with Crippen molar-refractivity contribution in [3.8, 4) is 0 Å². The summed E-state index contributed by atoms with van der Waals surface area (Å²) in [6.07, 6.45) is 3.84. The van der Waals surface area contributed by atoms with Crippen LogP contribution < -0.4 is 16.0 Å². The van der Waals surface area contributed by atoms with E-state index in [0.717, 1.165) is 19.3 Å². The van der Waals surface area contributed by atoms with Crippen molar-refractivity contribution in [1.29, 1.82) is 0 Å². The highest BCUT2D eigenvalue weighted by molar-refractivity contribution is 5.99. The fraction of sp³-hybridized carbons (Fsp3) is 0.593. The lowest BCUT2D eigenvalue weighted by atomic mass is 9.86. The van der Waals surface area contributed by atoms with Crippen molar-refractivity contribution in [3.63, 3.8) is 0 Å². The number of Topliss-reactive ketones (excluding diaryl/α,β-unsaturated/α-hetero) is 1. The Morgan fingerprint density at radius 3 is 2.57 bits per heavy atom. The summed E-state index contributed by atoms with van der Waals surface area (Å²) in [5.74, 6) is -1.99. The molecule has 10 heteroatoms. The van der Waals surface area contributed by atoms with E-state index in [4.69, 9.17) is 0 Å². The summed E-state index contributed by atoms with van der Waals surface area (Å²) in [4.78, 5) is 66.6. The normalized spacial score (nSPS) is 31.5. The number of hydrogen-bond acceptors (Lipinski definition) is 6. The van der Waals surface area contributed by atoms with E-state index in [1.165, 1.54) is 0 Å². The summed E-state index contributed by atoms with van der Waals surface area (Å²) in [6, 6.07) is 7.32. The zero-order valence-corrected chi connectivity index (χ0v) is 20.8. The first kappa shape index (κ1) is 25.4. The average Bonchev–Trinajstić information content (AvgIpc) is 3.68. The maximum atomic E-state index is 14.2. The maximum Gasteiger partial charge on any atom is 0.253 e. The van der Waals surface area contributed by atoms with Crippen LogP contribution in [0.15, 0.2) is 30.3 Å². The predicted molar refractivity (Wildman–Crippen MR) is 132 cm³/mol. The summed E-state index contributed by atoms with van der Waals surface area (Å²) in [6.45, 7) is 0.177. The molecule has 1 aromatic rings. The molecule has 198 valence electrons. The number of nitrogens with zero attached hydrogens (tertiary/aromatic N) is 1. The Bertz CT molecular complexity index is 1090. The van der Waals surface area contributed by atoms with Crippen molar-refractivity contribution < 1.29 is 29.1 Å². The molecule has 4 amide bonds. The second-order valence-corrected chi connectivity index (χ2v) is 10.8. The van der Waals surface area contributed by atoms with Gasteiger partial charge in [-0.05, 0) is 49.5 Å². The van der Waals surface area contributed by atoms with Gasteiger partial charge in [0.1, 0.15) is 18.2 Å². The van der Waals surface area contributed by atoms with Gasteiger partial charge in [0, 0.05) is 25.4 Å².